The second-order valence-corrected chi connectivity index (χ2v) is 7.01. The number of hydrogen-bond acceptors (Lipinski definition) is 5. The number of ether oxygens (including phenoxy) is 1. The van der Waals surface area contributed by atoms with E-state index in [-0.39, 0.29) is 30.9 Å². The van der Waals surface area contributed by atoms with Gasteiger partial charge in [0.2, 0.25) is 15.9 Å². The van der Waals surface area contributed by atoms with Crippen LogP contribution in [0.4, 0.5) is 0 Å². The van der Waals surface area contributed by atoms with E-state index in [1.807, 2.05) is 0 Å². The van der Waals surface area contributed by atoms with Crippen molar-refractivity contribution in [2.75, 3.05) is 46.1 Å². The second kappa shape index (κ2) is 7.78. The molecular formula is C11H23N3O4S. The molecule has 1 saturated heterocycles. The standard InChI is InChI=1S/C11H23N3O4S/c1-14(2)19(16,17)8-7-13-11(15)9-18-10-3-5-12-6-4-10/h10,12H,3-9H2,1-2H3,(H,13,15). The van der Waals surface area contributed by atoms with Gasteiger partial charge in [-0.25, -0.2) is 12.7 Å². The smallest absolute Gasteiger partial charge is 0.246 e. The molecule has 2 N–H and O–H groups in total. The molecule has 1 aliphatic rings. The number of sulfonamides is 1. The van der Waals surface area contributed by atoms with E-state index in [1.165, 1.54) is 14.1 Å². The van der Waals surface area contributed by atoms with Gasteiger partial charge in [-0.05, 0) is 25.9 Å². The number of piperidine rings is 1. The van der Waals surface area contributed by atoms with Gasteiger partial charge in [0, 0.05) is 20.6 Å². The highest BCUT2D eigenvalue weighted by Gasteiger charge is 2.16. The van der Waals surface area contributed by atoms with Crippen LogP contribution in [0.3, 0.4) is 0 Å². The number of carbonyl (C=O) groups excluding carboxylic acids is 1. The molecule has 7 nitrogen and oxygen atoms in total. The number of hydrogen-bond donors (Lipinski definition) is 2. The van der Waals surface area contributed by atoms with Crippen LogP contribution in [-0.4, -0.2) is 70.8 Å². The van der Waals surface area contributed by atoms with E-state index in [0.717, 1.165) is 30.2 Å². The van der Waals surface area contributed by atoms with Gasteiger partial charge in [0.15, 0.2) is 0 Å². The molecule has 1 rings (SSSR count). The van der Waals surface area contributed by atoms with Crippen molar-refractivity contribution in [3.05, 3.63) is 0 Å². The minimum Gasteiger partial charge on any atom is -0.368 e. The van der Waals surface area contributed by atoms with Crippen LogP contribution in [0.1, 0.15) is 12.8 Å². The van der Waals surface area contributed by atoms with E-state index in [9.17, 15) is 13.2 Å². The van der Waals surface area contributed by atoms with Crippen molar-refractivity contribution in [1.29, 1.82) is 0 Å². The fourth-order valence-electron chi connectivity index (χ4n) is 1.71. The van der Waals surface area contributed by atoms with Crippen molar-refractivity contribution in [3.8, 4) is 0 Å². The Morgan fingerprint density at radius 1 is 1.37 bits per heavy atom. The molecular weight excluding hydrogens is 270 g/mol. The zero-order valence-electron chi connectivity index (χ0n) is 11.5. The second-order valence-electron chi connectivity index (χ2n) is 4.71. The highest BCUT2D eigenvalue weighted by Crippen LogP contribution is 2.06. The first-order chi connectivity index (χ1) is 8.92. The van der Waals surface area contributed by atoms with E-state index in [1.54, 1.807) is 0 Å². The van der Waals surface area contributed by atoms with E-state index >= 15 is 0 Å². The normalized spacial score (nSPS) is 17.6. The number of nitrogens with one attached hydrogen (secondary N) is 2. The van der Waals surface area contributed by atoms with Gasteiger partial charge >= 0.3 is 0 Å². The lowest BCUT2D eigenvalue weighted by Crippen LogP contribution is -2.38. The maximum Gasteiger partial charge on any atom is 0.246 e. The Hall–Kier alpha value is -0.700. The maximum absolute atomic E-state index is 11.5. The molecule has 8 heteroatoms. The zero-order chi connectivity index (χ0) is 14.3. The Labute approximate surface area is 114 Å². The van der Waals surface area contributed by atoms with Crippen molar-refractivity contribution in [2.45, 2.75) is 18.9 Å². The molecule has 0 radical (unpaired) electrons. The summed E-state index contributed by atoms with van der Waals surface area (Å²) in [6.07, 6.45) is 1.93. The van der Waals surface area contributed by atoms with Gasteiger partial charge in [-0.2, -0.15) is 0 Å². The number of rotatable bonds is 7. The molecule has 0 aromatic carbocycles. The molecule has 1 aliphatic heterocycles. The van der Waals surface area contributed by atoms with Gasteiger partial charge in [-0.3, -0.25) is 4.79 Å². The molecule has 0 atom stereocenters. The van der Waals surface area contributed by atoms with Crippen molar-refractivity contribution in [2.24, 2.45) is 0 Å². The molecule has 0 aromatic heterocycles. The molecule has 1 heterocycles. The third-order valence-electron chi connectivity index (χ3n) is 2.97. The van der Waals surface area contributed by atoms with E-state index in [2.05, 4.69) is 10.6 Å². The summed E-state index contributed by atoms with van der Waals surface area (Å²) in [7, 11) is -0.321. The summed E-state index contributed by atoms with van der Waals surface area (Å²) in [4.78, 5) is 11.5. The Bertz CT molecular complexity index is 377. The predicted octanol–water partition coefficient (Wildman–Crippen LogP) is -1.24. The Balaban J connectivity index is 2.14. The van der Waals surface area contributed by atoms with Crippen LogP contribution in [0, 0.1) is 0 Å². The Kier molecular flexibility index (Phi) is 6.70. The van der Waals surface area contributed by atoms with Gasteiger partial charge in [-0.1, -0.05) is 0 Å². The SMILES string of the molecule is CN(C)S(=O)(=O)CCNC(=O)COC1CCNCC1. The Morgan fingerprint density at radius 2 is 2.00 bits per heavy atom. The molecule has 0 spiro atoms. The number of nitrogens with zero attached hydrogens (tertiary/aromatic N) is 1. The lowest BCUT2D eigenvalue weighted by Gasteiger charge is -2.22. The summed E-state index contributed by atoms with van der Waals surface area (Å²) in [5.74, 6) is -0.369. The van der Waals surface area contributed by atoms with Crippen LogP contribution >= 0.6 is 0 Å². The third-order valence-corrected chi connectivity index (χ3v) is 4.81. The quantitative estimate of drug-likeness (QED) is 0.613. The third kappa shape index (κ3) is 6.33. The maximum atomic E-state index is 11.5. The molecule has 112 valence electrons. The van der Waals surface area contributed by atoms with Crippen LogP contribution < -0.4 is 10.6 Å². The lowest BCUT2D eigenvalue weighted by molar-refractivity contribution is -0.128. The predicted molar refractivity (Wildman–Crippen MR) is 72.3 cm³/mol. The van der Waals surface area contributed by atoms with Crippen molar-refractivity contribution >= 4 is 15.9 Å². The zero-order valence-corrected chi connectivity index (χ0v) is 12.3. The molecule has 0 saturated carbocycles. The molecule has 1 fully saturated rings. The number of carbonyl (C=O) groups is 1. The monoisotopic (exact) mass is 293 g/mol. The van der Waals surface area contributed by atoms with Crippen LogP contribution in [0.2, 0.25) is 0 Å². The molecule has 19 heavy (non-hydrogen) atoms. The summed E-state index contributed by atoms with van der Waals surface area (Å²) in [6, 6.07) is 0. The number of amides is 1. The summed E-state index contributed by atoms with van der Waals surface area (Å²) >= 11 is 0. The first kappa shape index (κ1) is 16.4. The first-order valence-electron chi connectivity index (χ1n) is 6.41. The molecule has 0 aromatic rings. The fourth-order valence-corrected chi connectivity index (χ4v) is 2.43. The van der Waals surface area contributed by atoms with Gasteiger partial charge in [-0.15, -0.1) is 0 Å². The van der Waals surface area contributed by atoms with Crippen molar-refractivity contribution in [1.82, 2.24) is 14.9 Å². The van der Waals surface area contributed by atoms with Gasteiger partial charge in [0.1, 0.15) is 6.61 Å². The fraction of sp³-hybridized carbons (Fsp3) is 0.909. The molecule has 0 aliphatic carbocycles. The van der Waals surface area contributed by atoms with E-state index in [0.29, 0.717) is 0 Å². The van der Waals surface area contributed by atoms with Crippen molar-refractivity contribution in [3.63, 3.8) is 0 Å². The average molecular weight is 293 g/mol. The summed E-state index contributed by atoms with van der Waals surface area (Å²) in [5.41, 5.74) is 0. The highest BCUT2D eigenvalue weighted by atomic mass is 32.2. The van der Waals surface area contributed by atoms with Crippen LogP contribution in [0.25, 0.3) is 0 Å². The largest absolute Gasteiger partial charge is 0.368 e. The molecule has 1 amide bonds. The minimum absolute atomic E-state index is 0.00726. The van der Waals surface area contributed by atoms with Gasteiger partial charge in [0.05, 0.1) is 11.9 Å². The highest BCUT2D eigenvalue weighted by molar-refractivity contribution is 7.89. The molecule has 0 bridgehead atoms. The Morgan fingerprint density at radius 3 is 2.58 bits per heavy atom. The topological polar surface area (TPSA) is 87.7 Å². The first-order valence-corrected chi connectivity index (χ1v) is 8.02. The lowest BCUT2D eigenvalue weighted by atomic mass is 10.1. The van der Waals surface area contributed by atoms with Crippen LogP contribution in [0.5, 0.6) is 0 Å². The van der Waals surface area contributed by atoms with Gasteiger partial charge in [0.25, 0.3) is 0 Å². The van der Waals surface area contributed by atoms with Gasteiger partial charge < -0.3 is 15.4 Å². The average Bonchev–Trinajstić information content (AvgIpc) is 2.37. The van der Waals surface area contributed by atoms with Crippen molar-refractivity contribution < 1.29 is 17.9 Å². The molecule has 0 unspecified atom stereocenters. The summed E-state index contributed by atoms with van der Waals surface area (Å²) in [5, 5.41) is 5.76. The van der Waals surface area contributed by atoms with Crippen LogP contribution in [0.15, 0.2) is 0 Å². The minimum atomic E-state index is -3.26. The van der Waals surface area contributed by atoms with Crippen LogP contribution in [-0.2, 0) is 19.6 Å². The van der Waals surface area contributed by atoms with E-state index < -0.39 is 10.0 Å². The van der Waals surface area contributed by atoms with E-state index in [4.69, 9.17) is 4.74 Å². The summed E-state index contributed by atoms with van der Waals surface area (Å²) in [6.45, 7) is 1.92. The summed E-state index contributed by atoms with van der Waals surface area (Å²) < 4.78 is 29.5.